The van der Waals surface area contributed by atoms with Gasteiger partial charge in [-0.05, 0) is 37.0 Å². The molecule has 0 spiro atoms. The zero-order valence-corrected chi connectivity index (χ0v) is 10.1. The molecule has 0 bridgehead atoms. The minimum absolute atomic E-state index is 0.0689. The Labute approximate surface area is 94.9 Å². The molecule has 0 atom stereocenters. The van der Waals surface area contributed by atoms with Crippen molar-refractivity contribution in [3.8, 4) is 5.75 Å². The Balaban J connectivity index is 3.56. The number of phenols is 1. The number of rotatable bonds is 2. The molecule has 0 unspecified atom stereocenters. The number of Topliss-reactive ketones (excluding diaryl/α,β-unsaturated/α-hetero) is 1. The molecule has 0 heterocycles. The molecule has 0 saturated heterocycles. The number of ketones is 1. The molecule has 1 rings (SSSR count). The molecule has 0 aliphatic rings. The molecule has 1 aromatic carbocycles. The van der Waals surface area contributed by atoms with Gasteiger partial charge in [-0.25, -0.2) is 0 Å². The molecular weight excluding hydrogens is 212 g/mol. The van der Waals surface area contributed by atoms with Crippen LogP contribution < -0.4 is 0 Å². The summed E-state index contributed by atoms with van der Waals surface area (Å²) in [5.74, 6) is 0.0509. The van der Waals surface area contributed by atoms with Crippen molar-refractivity contribution in [3.05, 3.63) is 27.8 Å². The molecule has 2 nitrogen and oxygen atoms in total. The predicted octanol–water partition coefficient (Wildman–Crippen LogP) is 3.68. The van der Waals surface area contributed by atoms with E-state index in [0.717, 1.165) is 5.56 Å². The van der Waals surface area contributed by atoms with Crippen molar-refractivity contribution >= 4 is 17.4 Å². The second kappa shape index (κ2) is 4.23. The van der Waals surface area contributed by atoms with Gasteiger partial charge in [0.05, 0.1) is 5.56 Å². The van der Waals surface area contributed by atoms with Gasteiger partial charge in [-0.1, -0.05) is 25.4 Å². The highest BCUT2D eigenvalue weighted by atomic mass is 35.5. The van der Waals surface area contributed by atoms with E-state index in [-0.39, 0.29) is 17.5 Å². The van der Waals surface area contributed by atoms with Gasteiger partial charge >= 0.3 is 0 Å². The summed E-state index contributed by atoms with van der Waals surface area (Å²) in [7, 11) is 0. The third-order valence-electron chi connectivity index (χ3n) is 2.50. The first-order valence-corrected chi connectivity index (χ1v) is 5.27. The van der Waals surface area contributed by atoms with Crippen molar-refractivity contribution in [2.75, 3.05) is 0 Å². The highest BCUT2D eigenvalue weighted by Gasteiger charge is 2.18. The molecule has 1 aromatic rings. The minimum atomic E-state index is -0.158. The van der Waals surface area contributed by atoms with E-state index in [4.69, 9.17) is 11.6 Å². The summed E-state index contributed by atoms with van der Waals surface area (Å²) in [6, 6.07) is 1.73. The first-order valence-electron chi connectivity index (χ1n) is 4.89. The fourth-order valence-electron chi connectivity index (χ4n) is 1.63. The zero-order chi connectivity index (χ0) is 11.7. The van der Waals surface area contributed by atoms with Gasteiger partial charge in [0.25, 0.3) is 0 Å². The van der Waals surface area contributed by atoms with Crippen molar-refractivity contribution in [2.45, 2.75) is 33.6 Å². The molecule has 82 valence electrons. The van der Waals surface area contributed by atoms with Gasteiger partial charge in [0.2, 0.25) is 0 Å². The maximum absolute atomic E-state index is 11.4. The largest absolute Gasteiger partial charge is 0.507 e. The summed E-state index contributed by atoms with van der Waals surface area (Å²) in [5, 5.41) is 10.5. The Hall–Kier alpha value is -1.02. The second-order valence-electron chi connectivity index (χ2n) is 4.01. The van der Waals surface area contributed by atoms with Gasteiger partial charge in [0.1, 0.15) is 5.75 Å². The van der Waals surface area contributed by atoms with Gasteiger partial charge < -0.3 is 5.11 Å². The Kier molecular flexibility index (Phi) is 3.40. The lowest BCUT2D eigenvalue weighted by atomic mass is 9.94. The molecule has 0 aromatic heterocycles. The van der Waals surface area contributed by atoms with Crippen LogP contribution in [0.5, 0.6) is 5.75 Å². The minimum Gasteiger partial charge on any atom is -0.507 e. The number of hydrogen-bond donors (Lipinski definition) is 1. The molecule has 0 amide bonds. The van der Waals surface area contributed by atoms with Crippen molar-refractivity contribution in [1.29, 1.82) is 0 Å². The zero-order valence-electron chi connectivity index (χ0n) is 9.39. The number of hydrogen-bond acceptors (Lipinski definition) is 2. The molecule has 0 radical (unpaired) electrons. The van der Waals surface area contributed by atoms with Gasteiger partial charge in [-0.2, -0.15) is 0 Å². The number of aromatic hydroxyl groups is 1. The third-order valence-corrected chi connectivity index (χ3v) is 2.89. The Bertz CT molecular complexity index is 409. The monoisotopic (exact) mass is 226 g/mol. The Morgan fingerprint density at radius 1 is 1.47 bits per heavy atom. The van der Waals surface area contributed by atoms with Crippen LogP contribution in [0.15, 0.2) is 6.07 Å². The van der Waals surface area contributed by atoms with Crippen molar-refractivity contribution in [1.82, 2.24) is 0 Å². The molecule has 1 N–H and O–H groups in total. The van der Waals surface area contributed by atoms with E-state index in [2.05, 4.69) is 0 Å². The molecule has 0 fully saturated rings. The predicted molar refractivity (Wildman–Crippen MR) is 61.9 cm³/mol. The maximum Gasteiger partial charge on any atom is 0.163 e. The fourth-order valence-corrected chi connectivity index (χ4v) is 1.84. The van der Waals surface area contributed by atoms with Gasteiger partial charge in [0.15, 0.2) is 5.78 Å². The smallest absolute Gasteiger partial charge is 0.163 e. The van der Waals surface area contributed by atoms with E-state index < -0.39 is 0 Å². The molecule has 0 saturated carbocycles. The number of benzene rings is 1. The Morgan fingerprint density at radius 3 is 2.40 bits per heavy atom. The van der Waals surface area contributed by atoms with Crippen molar-refractivity contribution < 1.29 is 9.90 Å². The maximum atomic E-state index is 11.4. The fraction of sp³-hybridized carbons (Fsp3) is 0.417. The van der Waals surface area contributed by atoms with E-state index in [1.807, 2.05) is 13.8 Å². The van der Waals surface area contributed by atoms with Crippen molar-refractivity contribution in [2.24, 2.45) is 0 Å². The van der Waals surface area contributed by atoms with E-state index in [1.165, 1.54) is 6.92 Å². The lowest BCUT2D eigenvalue weighted by molar-refractivity contribution is 0.101. The number of halogens is 1. The number of phenolic OH excluding ortho intramolecular Hbond substituents is 1. The highest BCUT2D eigenvalue weighted by Crippen LogP contribution is 2.35. The van der Waals surface area contributed by atoms with Crippen LogP contribution in [0.1, 0.15) is 48.2 Å². The molecule has 3 heteroatoms. The average Bonchev–Trinajstić information content (AvgIpc) is 2.10. The summed E-state index contributed by atoms with van der Waals surface area (Å²) >= 11 is 6.02. The van der Waals surface area contributed by atoms with Gasteiger partial charge in [-0.3, -0.25) is 4.79 Å². The average molecular weight is 227 g/mol. The van der Waals surface area contributed by atoms with E-state index in [9.17, 15) is 9.90 Å². The number of carbonyl (C=O) groups excluding carboxylic acids is 1. The molecule has 0 aliphatic carbocycles. The van der Waals surface area contributed by atoms with Crippen LogP contribution in [0.2, 0.25) is 5.02 Å². The van der Waals surface area contributed by atoms with Gasteiger partial charge in [-0.15, -0.1) is 0 Å². The van der Waals surface area contributed by atoms with Gasteiger partial charge in [0, 0.05) is 5.02 Å². The summed E-state index contributed by atoms with van der Waals surface area (Å²) < 4.78 is 0. The summed E-state index contributed by atoms with van der Waals surface area (Å²) in [6.45, 7) is 7.07. The van der Waals surface area contributed by atoms with Crippen LogP contribution in [-0.4, -0.2) is 10.9 Å². The van der Waals surface area contributed by atoms with Crippen LogP contribution in [0.25, 0.3) is 0 Å². The van der Waals surface area contributed by atoms with E-state index >= 15 is 0 Å². The molecule has 0 aliphatic heterocycles. The first kappa shape index (κ1) is 12.1. The topological polar surface area (TPSA) is 37.3 Å². The van der Waals surface area contributed by atoms with Crippen LogP contribution in [0.4, 0.5) is 0 Å². The Morgan fingerprint density at radius 2 is 2.00 bits per heavy atom. The summed E-state index contributed by atoms with van der Waals surface area (Å²) in [6.07, 6.45) is 0. The van der Waals surface area contributed by atoms with Crippen molar-refractivity contribution in [3.63, 3.8) is 0 Å². The van der Waals surface area contributed by atoms with E-state index in [0.29, 0.717) is 16.1 Å². The standard InChI is InChI=1S/C12H15ClO2/c1-6(2)9-5-10(13)7(3)11(8(4)14)12(9)15/h5-6,15H,1-4H3. The van der Waals surface area contributed by atoms with Crippen LogP contribution in [-0.2, 0) is 0 Å². The summed E-state index contributed by atoms with van der Waals surface area (Å²) in [5.41, 5.74) is 1.70. The van der Waals surface area contributed by atoms with Crippen LogP contribution >= 0.6 is 11.6 Å². The second-order valence-corrected chi connectivity index (χ2v) is 4.41. The van der Waals surface area contributed by atoms with E-state index in [1.54, 1.807) is 13.0 Å². The lowest BCUT2D eigenvalue weighted by Crippen LogP contribution is -2.01. The number of carbonyl (C=O) groups is 1. The summed E-state index contributed by atoms with van der Waals surface area (Å²) in [4.78, 5) is 11.4. The SMILES string of the molecule is CC(=O)c1c(C)c(Cl)cc(C(C)C)c1O. The van der Waals surface area contributed by atoms with Crippen LogP contribution in [0.3, 0.4) is 0 Å². The molecule has 15 heavy (non-hydrogen) atoms. The first-order chi connectivity index (χ1) is 6.86. The lowest BCUT2D eigenvalue weighted by Gasteiger charge is -2.14. The van der Waals surface area contributed by atoms with Crippen LogP contribution in [0, 0.1) is 6.92 Å². The third kappa shape index (κ3) is 2.15. The highest BCUT2D eigenvalue weighted by molar-refractivity contribution is 6.32. The molecular formula is C12H15ClO2. The normalized spacial score (nSPS) is 10.8. The quantitative estimate of drug-likeness (QED) is 0.782.